The Hall–Kier alpha value is -1.57. The molecule has 0 spiro atoms. The Morgan fingerprint density at radius 3 is 2.70 bits per heavy atom. The number of amides is 1. The van der Waals surface area contributed by atoms with Gasteiger partial charge in [0.15, 0.2) is 5.16 Å². The van der Waals surface area contributed by atoms with Gasteiger partial charge in [-0.2, -0.15) is 0 Å². The number of aliphatic carboxylic acids is 1. The Morgan fingerprint density at radius 2 is 2.15 bits per heavy atom. The molecule has 2 N–H and O–H groups in total. The molecule has 0 unspecified atom stereocenters. The van der Waals surface area contributed by atoms with Crippen molar-refractivity contribution in [3.8, 4) is 0 Å². The van der Waals surface area contributed by atoms with Crippen LogP contribution in [0.5, 0.6) is 0 Å². The first-order valence-corrected chi connectivity index (χ1v) is 7.25. The molecular weight excluding hydrogens is 280 g/mol. The van der Waals surface area contributed by atoms with E-state index >= 15 is 0 Å². The van der Waals surface area contributed by atoms with Crippen LogP contribution in [0.4, 0.5) is 0 Å². The van der Waals surface area contributed by atoms with Gasteiger partial charge in [0.2, 0.25) is 5.91 Å². The highest BCUT2D eigenvalue weighted by Gasteiger charge is 2.27. The third-order valence-corrected chi connectivity index (χ3v) is 3.69. The van der Waals surface area contributed by atoms with Gasteiger partial charge in [0, 0.05) is 12.6 Å². The van der Waals surface area contributed by atoms with E-state index < -0.39 is 11.4 Å². The summed E-state index contributed by atoms with van der Waals surface area (Å²) in [6.07, 6.45) is 1.62. The largest absolute Gasteiger partial charge is 0.481 e. The van der Waals surface area contributed by atoms with Gasteiger partial charge in [0.1, 0.15) is 6.33 Å². The fraction of sp³-hybridized carbons (Fsp3) is 0.667. The second-order valence-corrected chi connectivity index (χ2v) is 6.31. The lowest BCUT2D eigenvalue weighted by molar-refractivity contribution is -0.146. The first-order chi connectivity index (χ1) is 9.24. The minimum absolute atomic E-state index is 0.0958. The Balaban J connectivity index is 2.44. The van der Waals surface area contributed by atoms with Gasteiger partial charge in [-0.05, 0) is 27.7 Å². The molecule has 0 bridgehead atoms. The summed E-state index contributed by atoms with van der Waals surface area (Å²) in [7, 11) is 0. The molecule has 7 nitrogen and oxygen atoms in total. The van der Waals surface area contributed by atoms with Crippen molar-refractivity contribution in [3.63, 3.8) is 0 Å². The predicted octanol–water partition coefficient (Wildman–Crippen LogP) is 1.18. The highest BCUT2D eigenvalue weighted by molar-refractivity contribution is 7.99. The van der Waals surface area contributed by atoms with Crippen molar-refractivity contribution in [1.29, 1.82) is 0 Å². The number of aromatic nitrogens is 3. The average Bonchev–Trinajstić information content (AvgIpc) is 2.82. The molecule has 20 heavy (non-hydrogen) atoms. The normalized spacial score (nSPS) is 11.7. The minimum atomic E-state index is -0.974. The zero-order chi connectivity index (χ0) is 15.3. The van der Waals surface area contributed by atoms with Crippen LogP contribution in [0, 0.1) is 5.41 Å². The Labute approximate surface area is 122 Å². The van der Waals surface area contributed by atoms with E-state index in [4.69, 9.17) is 5.11 Å². The van der Waals surface area contributed by atoms with Crippen molar-refractivity contribution >= 4 is 23.6 Å². The lowest BCUT2D eigenvalue weighted by atomic mass is 9.94. The smallest absolute Gasteiger partial charge is 0.310 e. The van der Waals surface area contributed by atoms with Crippen molar-refractivity contribution < 1.29 is 14.7 Å². The van der Waals surface area contributed by atoms with Gasteiger partial charge >= 0.3 is 5.97 Å². The molecular formula is C12H20N4O3S. The van der Waals surface area contributed by atoms with E-state index in [-0.39, 0.29) is 24.2 Å². The molecule has 1 heterocycles. The number of rotatable bonds is 7. The van der Waals surface area contributed by atoms with Gasteiger partial charge in [0.25, 0.3) is 0 Å². The van der Waals surface area contributed by atoms with Gasteiger partial charge in [0.05, 0.1) is 11.2 Å². The van der Waals surface area contributed by atoms with E-state index in [1.165, 1.54) is 11.8 Å². The van der Waals surface area contributed by atoms with E-state index in [2.05, 4.69) is 15.5 Å². The maximum absolute atomic E-state index is 11.7. The van der Waals surface area contributed by atoms with Crippen molar-refractivity contribution in [1.82, 2.24) is 20.1 Å². The average molecular weight is 300 g/mol. The van der Waals surface area contributed by atoms with E-state index in [1.54, 1.807) is 20.2 Å². The van der Waals surface area contributed by atoms with Crippen LogP contribution in [0.25, 0.3) is 0 Å². The molecule has 112 valence electrons. The van der Waals surface area contributed by atoms with Crippen LogP contribution in [-0.4, -0.2) is 44.0 Å². The molecule has 0 radical (unpaired) electrons. The molecule has 1 aromatic rings. The third kappa shape index (κ3) is 4.52. The maximum atomic E-state index is 11.7. The second kappa shape index (κ2) is 6.74. The van der Waals surface area contributed by atoms with Gasteiger partial charge < -0.3 is 15.0 Å². The number of carbonyl (C=O) groups excluding carboxylic acids is 1. The van der Waals surface area contributed by atoms with Crippen molar-refractivity contribution in [3.05, 3.63) is 6.33 Å². The molecule has 1 rings (SSSR count). The first-order valence-electron chi connectivity index (χ1n) is 6.26. The summed E-state index contributed by atoms with van der Waals surface area (Å²) in [6, 6.07) is 0.224. The quantitative estimate of drug-likeness (QED) is 0.734. The van der Waals surface area contributed by atoms with Gasteiger partial charge in [-0.15, -0.1) is 10.2 Å². The standard InChI is InChI=1S/C12H20N4O3S/c1-8(2)16-7-14-15-11(16)20-5-9(17)13-6-12(3,4)10(18)19/h7-8H,5-6H2,1-4H3,(H,13,17)(H,18,19). The van der Waals surface area contributed by atoms with Crippen LogP contribution >= 0.6 is 11.8 Å². The van der Waals surface area contributed by atoms with Crippen LogP contribution in [0.1, 0.15) is 33.7 Å². The molecule has 0 saturated carbocycles. The lowest BCUT2D eigenvalue weighted by Crippen LogP contribution is -2.39. The van der Waals surface area contributed by atoms with Crippen LogP contribution < -0.4 is 5.32 Å². The minimum Gasteiger partial charge on any atom is -0.481 e. The molecule has 0 aliphatic carbocycles. The van der Waals surface area contributed by atoms with Crippen LogP contribution in [0.2, 0.25) is 0 Å². The zero-order valence-corrected chi connectivity index (χ0v) is 12.9. The number of nitrogens with one attached hydrogen (secondary N) is 1. The summed E-state index contributed by atoms with van der Waals surface area (Å²) in [5.74, 6) is -0.978. The van der Waals surface area contributed by atoms with Crippen LogP contribution in [-0.2, 0) is 9.59 Å². The molecule has 0 saturated heterocycles. The number of hydrogen-bond donors (Lipinski definition) is 2. The van der Waals surface area contributed by atoms with E-state index in [1.807, 2.05) is 18.4 Å². The molecule has 1 amide bonds. The van der Waals surface area contributed by atoms with E-state index in [0.29, 0.717) is 5.16 Å². The van der Waals surface area contributed by atoms with Crippen molar-refractivity contribution in [2.45, 2.75) is 38.9 Å². The maximum Gasteiger partial charge on any atom is 0.310 e. The number of hydrogen-bond acceptors (Lipinski definition) is 5. The van der Waals surface area contributed by atoms with Crippen LogP contribution in [0.15, 0.2) is 11.5 Å². The molecule has 1 aromatic heterocycles. The van der Waals surface area contributed by atoms with Crippen LogP contribution in [0.3, 0.4) is 0 Å². The number of carboxylic acids is 1. The highest BCUT2D eigenvalue weighted by Crippen LogP contribution is 2.18. The Morgan fingerprint density at radius 1 is 1.50 bits per heavy atom. The Kier molecular flexibility index (Phi) is 5.55. The molecule has 0 aromatic carbocycles. The van der Waals surface area contributed by atoms with Crippen molar-refractivity contribution in [2.24, 2.45) is 5.41 Å². The third-order valence-electron chi connectivity index (χ3n) is 2.74. The fourth-order valence-corrected chi connectivity index (χ4v) is 2.14. The zero-order valence-electron chi connectivity index (χ0n) is 12.1. The number of carboxylic acid groups (broad SMARTS) is 1. The number of thioether (sulfide) groups is 1. The lowest BCUT2D eigenvalue weighted by Gasteiger charge is -2.19. The van der Waals surface area contributed by atoms with Gasteiger partial charge in [-0.3, -0.25) is 9.59 Å². The predicted molar refractivity (Wildman–Crippen MR) is 75.6 cm³/mol. The van der Waals surface area contributed by atoms with E-state index in [0.717, 1.165) is 0 Å². The van der Waals surface area contributed by atoms with Gasteiger partial charge in [-0.1, -0.05) is 11.8 Å². The van der Waals surface area contributed by atoms with Crippen molar-refractivity contribution in [2.75, 3.05) is 12.3 Å². The molecule has 0 fully saturated rings. The molecule has 8 heteroatoms. The summed E-state index contributed by atoms with van der Waals surface area (Å²) < 4.78 is 1.87. The Bertz CT molecular complexity index is 485. The molecule has 0 aliphatic rings. The van der Waals surface area contributed by atoms with Gasteiger partial charge in [-0.25, -0.2) is 0 Å². The van der Waals surface area contributed by atoms with E-state index in [9.17, 15) is 9.59 Å². The summed E-state index contributed by atoms with van der Waals surface area (Å²) >= 11 is 1.28. The summed E-state index contributed by atoms with van der Waals surface area (Å²) in [4.78, 5) is 22.6. The number of nitrogens with zero attached hydrogens (tertiary/aromatic N) is 3. The first kappa shape index (κ1) is 16.5. The molecule has 0 aliphatic heterocycles. The highest BCUT2D eigenvalue weighted by atomic mass is 32.2. The monoisotopic (exact) mass is 300 g/mol. The summed E-state index contributed by atoms with van der Waals surface area (Å²) in [5.41, 5.74) is -0.974. The SMILES string of the molecule is CC(C)n1cnnc1SCC(=O)NCC(C)(C)C(=O)O. The fourth-order valence-electron chi connectivity index (χ4n) is 1.27. The number of carbonyl (C=O) groups is 2. The summed E-state index contributed by atoms with van der Waals surface area (Å²) in [5, 5.41) is 20.0. The molecule has 0 atom stereocenters. The second-order valence-electron chi connectivity index (χ2n) is 5.37. The summed E-state index contributed by atoms with van der Waals surface area (Å²) in [6.45, 7) is 7.24. The topological polar surface area (TPSA) is 97.1 Å².